The van der Waals surface area contributed by atoms with Gasteiger partial charge in [-0.1, -0.05) is 12.1 Å². The fraction of sp³-hybridized carbons (Fsp3) is 0.182. The molecule has 1 atom stereocenters. The first-order valence-electron chi connectivity index (χ1n) is 4.31. The van der Waals surface area contributed by atoms with Crippen molar-refractivity contribution in [2.45, 2.75) is 12.5 Å². The second-order valence-corrected chi connectivity index (χ2v) is 3.54. The van der Waals surface area contributed by atoms with Crippen molar-refractivity contribution in [3.63, 3.8) is 0 Å². The third kappa shape index (κ3) is 1.14. The van der Waals surface area contributed by atoms with Gasteiger partial charge in [-0.2, -0.15) is 0 Å². The molecule has 0 amide bonds. The molecule has 0 saturated carbocycles. The number of hydrogen-bond donors (Lipinski definition) is 2. The molecule has 0 radical (unpaired) electrons. The van der Waals surface area contributed by atoms with E-state index in [0.717, 1.165) is 0 Å². The third-order valence-corrected chi connectivity index (χ3v) is 2.39. The van der Waals surface area contributed by atoms with E-state index in [-0.39, 0.29) is 17.1 Å². The number of rotatable bonds is 0. The van der Waals surface area contributed by atoms with E-state index in [1.807, 2.05) is 0 Å². The van der Waals surface area contributed by atoms with Crippen LogP contribution in [0.15, 0.2) is 30.4 Å². The minimum atomic E-state index is -1.18. The van der Waals surface area contributed by atoms with Gasteiger partial charge in [-0.05, 0) is 25.1 Å². The molecular weight excluding hydrogens is 180 g/mol. The lowest BCUT2D eigenvalue weighted by atomic mass is 9.84. The fourth-order valence-electron chi connectivity index (χ4n) is 1.63. The molecule has 2 N–H and O–H groups in total. The van der Waals surface area contributed by atoms with Crippen LogP contribution in [0.25, 0.3) is 0 Å². The van der Waals surface area contributed by atoms with Crippen molar-refractivity contribution in [2.75, 3.05) is 0 Å². The molecule has 0 aromatic heterocycles. The zero-order chi connectivity index (χ0) is 10.3. The normalized spacial score (nSPS) is 24.9. The van der Waals surface area contributed by atoms with Gasteiger partial charge in [0, 0.05) is 5.56 Å². The van der Waals surface area contributed by atoms with Crippen LogP contribution in [0.5, 0.6) is 5.75 Å². The highest BCUT2D eigenvalue weighted by atomic mass is 16.3. The van der Waals surface area contributed by atoms with Gasteiger partial charge in [-0.15, -0.1) is 0 Å². The van der Waals surface area contributed by atoms with Gasteiger partial charge in [0.2, 0.25) is 0 Å². The summed E-state index contributed by atoms with van der Waals surface area (Å²) in [5, 5.41) is 19.4. The molecule has 0 fully saturated rings. The molecule has 0 heterocycles. The molecule has 1 aliphatic carbocycles. The van der Waals surface area contributed by atoms with Crippen LogP contribution >= 0.6 is 0 Å². The number of phenols is 1. The maximum atomic E-state index is 11.4. The lowest BCUT2D eigenvalue weighted by Crippen LogP contribution is -2.25. The Morgan fingerprint density at radius 2 is 2.07 bits per heavy atom. The van der Waals surface area contributed by atoms with Crippen LogP contribution in [0.4, 0.5) is 0 Å². The minimum absolute atomic E-state index is 0.0860. The monoisotopic (exact) mass is 190 g/mol. The molecule has 1 aliphatic rings. The average Bonchev–Trinajstić information content (AvgIpc) is 2.12. The lowest BCUT2D eigenvalue weighted by molar-refractivity contribution is 0.0926. The van der Waals surface area contributed by atoms with Crippen molar-refractivity contribution in [2.24, 2.45) is 0 Å². The van der Waals surface area contributed by atoms with Crippen LogP contribution < -0.4 is 0 Å². The molecule has 0 spiro atoms. The lowest BCUT2D eigenvalue weighted by Gasteiger charge is -2.25. The Balaban J connectivity index is 2.75. The molecule has 14 heavy (non-hydrogen) atoms. The number of allylic oxidation sites excluding steroid dienone is 1. The van der Waals surface area contributed by atoms with Crippen molar-refractivity contribution >= 4 is 5.78 Å². The van der Waals surface area contributed by atoms with E-state index in [1.165, 1.54) is 18.2 Å². The number of fused-ring (bicyclic) bond motifs is 1. The third-order valence-electron chi connectivity index (χ3n) is 2.39. The Morgan fingerprint density at radius 1 is 1.36 bits per heavy atom. The van der Waals surface area contributed by atoms with E-state index in [1.54, 1.807) is 19.1 Å². The van der Waals surface area contributed by atoms with Crippen LogP contribution in [-0.2, 0) is 5.60 Å². The highest BCUT2D eigenvalue weighted by molar-refractivity contribution is 6.09. The Hall–Kier alpha value is -1.61. The van der Waals surface area contributed by atoms with E-state index >= 15 is 0 Å². The van der Waals surface area contributed by atoms with Crippen LogP contribution in [0.2, 0.25) is 0 Å². The summed E-state index contributed by atoms with van der Waals surface area (Å²) in [5.41, 5.74) is -0.535. The number of carbonyl (C=O) groups is 1. The van der Waals surface area contributed by atoms with Crippen molar-refractivity contribution in [1.29, 1.82) is 0 Å². The molecular formula is C11H10O3. The van der Waals surface area contributed by atoms with Crippen molar-refractivity contribution in [3.8, 4) is 5.75 Å². The maximum absolute atomic E-state index is 11.4. The predicted octanol–water partition coefficient (Wildman–Crippen LogP) is 1.35. The van der Waals surface area contributed by atoms with Crippen LogP contribution in [-0.4, -0.2) is 16.0 Å². The zero-order valence-corrected chi connectivity index (χ0v) is 7.69. The smallest absolute Gasteiger partial charge is 0.189 e. The first-order chi connectivity index (χ1) is 6.52. The molecule has 0 aliphatic heterocycles. The number of aliphatic hydroxyl groups is 1. The van der Waals surface area contributed by atoms with Crippen molar-refractivity contribution < 1.29 is 15.0 Å². The highest BCUT2D eigenvalue weighted by Crippen LogP contribution is 2.34. The van der Waals surface area contributed by atoms with Gasteiger partial charge in [0.25, 0.3) is 0 Å². The summed E-state index contributed by atoms with van der Waals surface area (Å²) < 4.78 is 0. The molecule has 0 bridgehead atoms. The summed E-state index contributed by atoms with van der Waals surface area (Å²) in [4.78, 5) is 11.4. The Kier molecular flexibility index (Phi) is 1.72. The second kappa shape index (κ2) is 2.69. The number of carbonyl (C=O) groups excluding carboxylic acids is 1. The van der Waals surface area contributed by atoms with Crippen molar-refractivity contribution in [1.82, 2.24) is 0 Å². The molecule has 1 unspecified atom stereocenters. The van der Waals surface area contributed by atoms with Gasteiger partial charge in [0.15, 0.2) is 5.78 Å². The summed E-state index contributed by atoms with van der Waals surface area (Å²) in [6, 6.07) is 4.68. The van der Waals surface area contributed by atoms with Crippen LogP contribution in [0, 0.1) is 0 Å². The van der Waals surface area contributed by atoms with Gasteiger partial charge < -0.3 is 10.2 Å². The largest absolute Gasteiger partial charge is 0.507 e. The fourth-order valence-corrected chi connectivity index (χ4v) is 1.63. The SMILES string of the molecule is CC1(O)C=CC(=O)c2c(O)cccc21. The standard InChI is InChI=1S/C11H10O3/c1-11(14)6-5-9(13)10-7(11)3-2-4-8(10)12/h2-6,12,14H,1H3. The summed E-state index contributed by atoms with van der Waals surface area (Å²) in [7, 11) is 0. The van der Waals surface area contributed by atoms with Crippen LogP contribution in [0.1, 0.15) is 22.8 Å². The number of benzene rings is 1. The first kappa shape index (κ1) is 8.97. The molecule has 3 heteroatoms. The number of phenolic OH excluding ortho intramolecular Hbond substituents is 1. The van der Waals surface area contributed by atoms with Gasteiger partial charge in [-0.25, -0.2) is 0 Å². The number of hydrogen-bond acceptors (Lipinski definition) is 3. The van der Waals surface area contributed by atoms with E-state index in [2.05, 4.69) is 0 Å². The topological polar surface area (TPSA) is 57.5 Å². The van der Waals surface area contributed by atoms with Gasteiger partial charge in [0.05, 0.1) is 5.56 Å². The van der Waals surface area contributed by atoms with Crippen LogP contribution in [0.3, 0.4) is 0 Å². The Labute approximate surface area is 81.3 Å². The summed E-state index contributed by atoms with van der Waals surface area (Å²) >= 11 is 0. The second-order valence-electron chi connectivity index (χ2n) is 3.54. The van der Waals surface area contributed by atoms with Gasteiger partial charge in [0.1, 0.15) is 11.4 Å². The maximum Gasteiger partial charge on any atom is 0.189 e. The average molecular weight is 190 g/mol. The molecule has 1 aromatic carbocycles. The minimum Gasteiger partial charge on any atom is -0.507 e. The van der Waals surface area contributed by atoms with E-state index in [4.69, 9.17) is 0 Å². The molecule has 2 rings (SSSR count). The summed E-state index contributed by atoms with van der Waals surface area (Å²) in [6.07, 6.45) is 2.71. The molecule has 72 valence electrons. The van der Waals surface area contributed by atoms with Crippen molar-refractivity contribution in [3.05, 3.63) is 41.5 Å². The number of ketones is 1. The zero-order valence-electron chi connectivity index (χ0n) is 7.69. The Bertz CT molecular complexity index is 430. The summed E-state index contributed by atoms with van der Waals surface area (Å²) in [6.45, 7) is 1.58. The molecule has 3 nitrogen and oxygen atoms in total. The predicted molar refractivity (Wildman–Crippen MR) is 51.1 cm³/mol. The molecule has 1 aromatic rings. The first-order valence-corrected chi connectivity index (χ1v) is 4.31. The van der Waals surface area contributed by atoms with E-state index < -0.39 is 5.60 Å². The number of aromatic hydroxyl groups is 1. The highest BCUT2D eigenvalue weighted by Gasteiger charge is 2.30. The van der Waals surface area contributed by atoms with E-state index in [0.29, 0.717) is 5.56 Å². The summed E-state index contributed by atoms with van der Waals surface area (Å²) in [5.74, 6) is -0.359. The molecule has 0 saturated heterocycles. The quantitative estimate of drug-likeness (QED) is 0.649. The van der Waals surface area contributed by atoms with Gasteiger partial charge >= 0.3 is 0 Å². The van der Waals surface area contributed by atoms with Gasteiger partial charge in [-0.3, -0.25) is 4.79 Å². The van der Waals surface area contributed by atoms with E-state index in [9.17, 15) is 15.0 Å². The Morgan fingerprint density at radius 3 is 2.71 bits per heavy atom.